The molecule has 9 heteroatoms. The minimum Gasteiger partial charge on any atom is -0.267 e. The molecule has 5 aromatic rings. The quantitative estimate of drug-likeness (QED) is 0.259. The van der Waals surface area contributed by atoms with Crippen LogP contribution >= 0.6 is 11.6 Å². The number of hydrazone groups is 1. The second kappa shape index (κ2) is 10.6. The normalized spacial score (nSPS) is 11.3. The highest BCUT2D eigenvalue weighted by atomic mass is 35.5. The Labute approximate surface area is 217 Å². The summed E-state index contributed by atoms with van der Waals surface area (Å²) in [5, 5.41) is 14.3. The Kier molecular flexibility index (Phi) is 6.91. The molecule has 8 nitrogen and oxygen atoms in total. The third kappa shape index (κ3) is 5.19. The number of benzene rings is 3. The summed E-state index contributed by atoms with van der Waals surface area (Å²) in [4.78, 5) is 26.2. The second-order valence-corrected chi connectivity index (χ2v) is 8.83. The van der Waals surface area contributed by atoms with E-state index in [0.29, 0.717) is 33.7 Å². The van der Waals surface area contributed by atoms with Crippen molar-refractivity contribution in [2.75, 3.05) is 0 Å². The molecule has 0 saturated carbocycles. The van der Waals surface area contributed by atoms with Gasteiger partial charge in [-0.25, -0.2) is 14.8 Å². The van der Waals surface area contributed by atoms with Crippen molar-refractivity contribution in [3.05, 3.63) is 129 Å². The van der Waals surface area contributed by atoms with Gasteiger partial charge in [0.15, 0.2) is 5.69 Å². The van der Waals surface area contributed by atoms with Crippen LogP contribution < -0.4 is 11.0 Å². The average molecular weight is 511 g/mol. The third-order valence-electron chi connectivity index (χ3n) is 5.90. The second-order valence-electron chi connectivity index (χ2n) is 8.47. The summed E-state index contributed by atoms with van der Waals surface area (Å²) in [7, 11) is 0. The van der Waals surface area contributed by atoms with Crippen LogP contribution in [0.5, 0.6) is 0 Å². The van der Waals surface area contributed by atoms with E-state index >= 15 is 0 Å². The van der Waals surface area contributed by atoms with Crippen molar-refractivity contribution >= 4 is 34.5 Å². The molecule has 37 heavy (non-hydrogen) atoms. The van der Waals surface area contributed by atoms with Gasteiger partial charge in [-0.3, -0.25) is 9.59 Å². The predicted octanol–water partition coefficient (Wildman–Crippen LogP) is 4.42. The maximum atomic E-state index is 13.1. The number of aryl methyl sites for hydroxylation is 1. The summed E-state index contributed by atoms with van der Waals surface area (Å²) in [6, 6.07) is 26.2. The number of aromatic nitrogens is 4. The molecule has 0 aliphatic rings. The van der Waals surface area contributed by atoms with Crippen LogP contribution in [0.25, 0.3) is 10.8 Å². The van der Waals surface area contributed by atoms with Crippen molar-refractivity contribution < 1.29 is 4.79 Å². The highest BCUT2D eigenvalue weighted by Gasteiger charge is 2.17. The summed E-state index contributed by atoms with van der Waals surface area (Å²) in [6.07, 6.45) is 1.46. The van der Waals surface area contributed by atoms with E-state index in [1.54, 1.807) is 28.9 Å². The molecule has 2 aromatic heterocycles. The van der Waals surface area contributed by atoms with E-state index in [-0.39, 0.29) is 17.8 Å². The van der Waals surface area contributed by atoms with Crippen LogP contribution in [0, 0.1) is 6.92 Å². The molecule has 0 saturated heterocycles. The van der Waals surface area contributed by atoms with Crippen LogP contribution in [0.15, 0.2) is 94.8 Å². The standard InChI is InChI=1S/C28H23ClN6O2/c1-19-24(26(29)34(32-19)17-20-10-4-2-5-11-20)16-30-31-27(36)25-22-14-8-9-15-23(22)28(37)35(33-25)18-21-12-6-3-7-13-21/h2-16H,17-18H2,1H3,(H,31,36)/b30-16+. The zero-order valence-corrected chi connectivity index (χ0v) is 20.8. The number of nitrogens with one attached hydrogen (secondary N) is 1. The molecule has 0 aliphatic heterocycles. The first-order valence-corrected chi connectivity index (χ1v) is 12.0. The Morgan fingerprint density at radius 1 is 0.865 bits per heavy atom. The molecule has 0 radical (unpaired) electrons. The first kappa shape index (κ1) is 24.1. The predicted molar refractivity (Wildman–Crippen MR) is 144 cm³/mol. The lowest BCUT2D eigenvalue weighted by molar-refractivity contribution is 0.0949. The molecule has 0 aliphatic carbocycles. The minimum atomic E-state index is -0.542. The van der Waals surface area contributed by atoms with E-state index in [1.165, 1.54) is 10.9 Å². The molecule has 0 unspecified atom stereocenters. The number of hydrogen-bond donors (Lipinski definition) is 1. The summed E-state index contributed by atoms with van der Waals surface area (Å²) in [5.41, 5.74) is 5.59. The zero-order valence-electron chi connectivity index (χ0n) is 20.0. The van der Waals surface area contributed by atoms with E-state index < -0.39 is 5.91 Å². The molecule has 0 atom stereocenters. The van der Waals surface area contributed by atoms with Crippen molar-refractivity contribution in [2.45, 2.75) is 20.0 Å². The smallest absolute Gasteiger partial charge is 0.267 e. The number of hydrogen-bond acceptors (Lipinski definition) is 5. The number of carbonyl (C=O) groups excluding carboxylic acids is 1. The zero-order chi connectivity index (χ0) is 25.8. The van der Waals surface area contributed by atoms with Gasteiger partial charge in [0.05, 0.1) is 35.9 Å². The first-order chi connectivity index (χ1) is 18.0. The number of rotatable bonds is 7. The first-order valence-electron chi connectivity index (χ1n) is 11.7. The SMILES string of the molecule is Cc1nn(Cc2ccccc2)c(Cl)c1/C=N/NC(=O)c1nn(Cc2ccccc2)c(=O)c2ccccc12. The van der Waals surface area contributed by atoms with E-state index in [1.807, 2.05) is 67.6 Å². The van der Waals surface area contributed by atoms with Gasteiger partial charge < -0.3 is 0 Å². The Morgan fingerprint density at radius 2 is 1.43 bits per heavy atom. The van der Waals surface area contributed by atoms with Crippen LogP contribution in [0.4, 0.5) is 0 Å². The molecule has 0 fully saturated rings. The molecule has 5 rings (SSSR count). The van der Waals surface area contributed by atoms with Crippen LogP contribution in [-0.2, 0) is 13.1 Å². The highest BCUT2D eigenvalue weighted by molar-refractivity contribution is 6.32. The molecule has 1 N–H and O–H groups in total. The van der Waals surface area contributed by atoms with Gasteiger partial charge >= 0.3 is 0 Å². The van der Waals surface area contributed by atoms with Gasteiger partial charge in [0.25, 0.3) is 11.5 Å². The summed E-state index contributed by atoms with van der Waals surface area (Å²) in [6.45, 7) is 2.58. The van der Waals surface area contributed by atoms with E-state index in [9.17, 15) is 9.59 Å². The van der Waals surface area contributed by atoms with E-state index in [4.69, 9.17) is 11.6 Å². The maximum absolute atomic E-state index is 13.1. The molecular formula is C28H23ClN6O2. The van der Waals surface area contributed by atoms with Crippen LogP contribution in [0.3, 0.4) is 0 Å². The van der Waals surface area contributed by atoms with E-state index in [2.05, 4.69) is 20.7 Å². The van der Waals surface area contributed by atoms with E-state index in [0.717, 1.165) is 11.1 Å². The lowest BCUT2D eigenvalue weighted by Crippen LogP contribution is -2.29. The van der Waals surface area contributed by atoms with Crippen LogP contribution in [0.2, 0.25) is 5.15 Å². The average Bonchev–Trinajstić information content (AvgIpc) is 3.18. The van der Waals surface area contributed by atoms with Gasteiger partial charge in [-0.2, -0.15) is 15.3 Å². The Balaban J connectivity index is 1.40. The molecule has 184 valence electrons. The molecule has 2 heterocycles. The minimum absolute atomic E-state index is 0.103. The van der Waals surface area contributed by atoms with Gasteiger partial charge in [0.2, 0.25) is 0 Å². The Bertz CT molecular complexity index is 1660. The number of nitrogens with zero attached hydrogens (tertiary/aromatic N) is 5. The fourth-order valence-corrected chi connectivity index (χ4v) is 4.33. The van der Waals surface area contributed by atoms with Crippen molar-refractivity contribution in [2.24, 2.45) is 5.10 Å². The Hall–Kier alpha value is -4.56. The number of halogens is 1. The largest absolute Gasteiger partial charge is 0.292 e. The fraction of sp³-hybridized carbons (Fsp3) is 0.107. The van der Waals surface area contributed by atoms with Gasteiger partial charge in [-0.1, -0.05) is 90.5 Å². The lowest BCUT2D eigenvalue weighted by atomic mass is 10.1. The molecule has 0 spiro atoms. The topological polar surface area (TPSA) is 94.2 Å². The van der Waals surface area contributed by atoms with Gasteiger partial charge in [0.1, 0.15) is 5.15 Å². The maximum Gasteiger partial charge on any atom is 0.292 e. The number of fused-ring (bicyclic) bond motifs is 1. The van der Waals surface area contributed by atoms with Gasteiger partial charge in [-0.15, -0.1) is 0 Å². The molecular weight excluding hydrogens is 488 g/mol. The number of amides is 1. The fourth-order valence-electron chi connectivity index (χ4n) is 4.05. The van der Waals surface area contributed by atoms with Crippen LogP contribution in [-0.4, -0.2) is 31.7 Å². The van der Waals surface area contributed by atoms with Crippen molar-refractivity contribution in [1.82, 2.24) is 25.0 Å². The lowest BCUT2D eigenvalue weighted by Gasteiger charge is -2.10. The monoisotopic (exact) mass is 510 g/mol. The van der Waals surface area contributed by atoms with Crippen molar-refractivity contribution in [3.63, 3.8) is 0 Å². The summed E-state index contributed by atoms with van der Waals surface area (Å²) < 4.78 is 2.98. The molecule has 1 amide bonds. The highest BCUT2D eigenvalue weighted by Crippen LogP contribution is 2.19. The van der Waals surface area contributed by atoms with Gasteiger partial charge in [0, 0.05) is 5.39 Å². The Morgan fingerprint density at radius 3 is 2.08 bits per heavy atom. The van der Waals surface area contributed by atoms with Crippen LogP contribution in [0.1, 0.15) is 32.9 Å². The number of carbonyl (C=O) groups is 1. The van der Waals surface area contributed by atoms with Crippen molar-refractivity contribution in [1.29, 1.82) is 0 Å². The molecule has 3 aromatic carbocycles. The summed E-state index contributed by atoms with van der Waals surface area (Å²) >= 11 is 6.55. The van der Waals surface area contributed by atoms with Gasteiger partial charge in [-0.05, 0) is 24.1 Å². The molecule has 0 bridgehead atoms. The van der Waals surface area contributed by atoms with Crippen molar-refractivity contribution in [3.8, 4) is 0 Å². The summed E-state index contributed by atoms with van der Waals surface area (Å²) in [5.74, 6) is -0.542. The third-order valence-corrected chi connectivity index (χ3v) is 6.30.